The molecule has 0 unspecified atom stereocenters. The fourth-order valence-corrected chi connectivity index (χ4v) is 4.98. The summed E-state index contributed by atoms with van der Waals surface area (Å²) in [6.07, 6.45) is 5.69. The summed E-state index contributed by atoms with van der Waals surface area (Å²) in [6, 6.07) is 3.42. The van der Waals surface area contributed by atoms with Crippen molar-refractivity contribution in [3.8, 4) is 0 Å². The molecule has 1 aromatic carbocycles. The average molecular weight is 492 g/mol. The molecule has 2 heterocycles. The van der Waals surface area contributed by atoms with Crippen LogP contribution in [0.2, 0.25) is 0 Å². The molecule has 1 saturated heterocycles. The number of aromatic nitrogens is 1. The van der Waals surface area contributed by atoms with Crippen LogP contribution in [-0.4, -0.2) is 49.0 Å². The van der Waals surface area contributed by atoms with E-state index in [2.05, 4.69) is 10.3 Å². The Labute approximate surface area is 197 Å². The monoisotopic (exact) mass is 491 g/mol. The second kappa shape index (κ2) is 9.40. The fraction of sp³-hybridized carbons (Fsp3) is 0.458. The summed E-state index contributed by atoms with van der Waals surface area (Å²) in [5.41, 5.74) is 0.428. The van der Waals surface area contributed by atoms with E-state index in [9.17, 15) is 26.8 Å². The molecule has 10 heteroatoms. The van der Waals surface area contributed by atoms with Gasteiger partial charge in [0.1, 0.15) is 17.7 Å². The fourth-order valence-electron chi connectivity index (χ4n) is 4.39. The zero-order chi connectivity index (χ0) is 24.6. The minimum atomic E-state index is -3.61. The van der Waals surface area contributed by atoms with Gasteiger partial charge in [0.05, 0.1) is 6.04 Å². The quantitative estimate of drug-likeness (QED) is 0.669. The standard InChI is InChI=1S/C24H27F2N3O4S/c1-14-11-19(26)17(13-18(14)25)22(15-6-7-15)28-23(30)20-5-3-4-10-29(20)24(31)16-8-9-27-21(12-16)34(2,32)33/h8-9,11-13,15,20,22H,3-7,10H2,1-2H3,(H,28,30)/t20-,22-/m1/s1. The number of carbonyl (C=O) groups excluding carboxylic acids is 2. The number of halogens is 2. The number of amides is 2. The number of carbonyl (C=O) groups is 2. The van der Waals surface area contributed by atoms with Gasteiger partial charge in [-0.05, 0) is 74.8 Å². The van der Waals surface area contributed by atoms with Crippen molar-refractivity contribution in [2.24, 2.45) is 5.92 Å². The zero-order valence-electron chi connectivity index (χ0n) is 19.1. The highest BCUT2D eigenvalue weighted by atomic mass is 32.2. The molecule has 34 heavy (non-hydrogen) atoms. The minimum Gasteiger partial charge on any atom is -0.347 e. The molecule has 7 nitrogen and oxygen atoms in total. The van der Waals surface area contributed by atoms with Crippen molar-refractivity contribution >= 4 is 21.7 Å². The summed E-state index contributed by atoms with van der Waals surface area (Å²) in [7, 11) is -3.61. The van der Waals surface area contributed by atoms with Gasteiger partial charge in [0.2, 0.25) is 5.91 Å². The average Bonchev–Trinajstić information content (AvgIpc) is 3.64. The molecule has 1 saturated carbocycles. The molecule has 0 radical (unpaired) electrons. The highest BCUT2D eigenvalue weighted by Crippen LogP contribution is 2.42. The summed E-state index contributed by atoms with van der Waals surface area (Å²) in [6.45, 7) is 1.81. The number of nitrogens with zero attached hydrogens (tertiary/aromatic N) is 2. The van der Waals surface area contributed by atoms with Gasteiger partial charge in [-0.2, -0.15) is 0 Å². The van der Waals surface area contributed by atoms with E-state index in [1.54, 1.807) is 0 Å². The van der Waals surface area contributed by atoms with Gasteiger partial charge < -0.3 is 10.2 Å². The Balaban J connectivity index is 1.58. The predicted molar refractivity (Wildman–Crippen MR) is 121 cm³/mol. The van der Waals surface area contributed by atoms with Crippen molar-refractivity contribution in [3.63, 3.8) is 0 Å². The molecule has 2 amide bonds. The predicted octanol–water partition coefficient (Wildman–Crippen LogP) is 3.33. The highest BCUT2D eigenvalue weighted by Gasteiger charge is 2.39. The molecule has 1 aromatic heterocycles. The van der Waals surface area contributed by atoms with E-state index in [0.717, 1.165) is 37.7 Å². The van der Waals surface area contributed by atoms with Crippen LogP contribution < -0.4 is 5.32 Å². The van der Waals surface area contributed by atoms with E-state index >= 15 is 0 Å². The van der Waals surface area contributed by atoms with Gasteiger partial charge >= 0.3 is 0 Å². The molecule has 4 rings (SSSR count). The van der Waals surface area contributed by atoms with Gasteiger partial charge in [-0.3, -0.25) is 9.59 Å². The van der Waals surface area contributed by atoms with Crippen molar-refractivity contribution in [1.82, 2.24) is 15.2 Å². The Bertz CT molecular complexity index is 1230. The van der Waals surface area contributed by atoms with Gasteiger partial charge in [0.15, 0.2) is 14.9 Å². The van der Waals surface area contributed by atoms with Crippen LogP contribution in [0.4, 0.5) is 8.78 Å². The molecule has 2 atom stereocenters. The second-order valence-corrected chi connectivity index (χ2v) is 11.1. The largest absolute Gasteiger partial charge is 0.347 e. The maximum Gasteiger partial charge on any atom is 0.254 e. The molecule has 1 N–H and O–H groups in total. The number of piperidine rings is 1. The highest BCUT2D eigenvalue weighted by molar-refractivity contribution is 7.90. The lowest BCUT2D eigenvalue weighted by atomic mass is 9.97. The molecule has 2 aromatic rings. The zero-order valence-corrected chi connectivity index (χ0v) is 19.9. The third-order valence-corrected chi connectivity index (χ3v) is 7.42. The first kappa shape index (κ1) is 24.3. The van der Waals surface area contributed by atoms with Crippen molar-refractivity contribution in [3.05, 3.63) is 58.8 Å². The number of sulfone groups is 1. The molecule has 1 aliphatic heterocycles. The number of hydrogen-bond acceptors (Lipinski definition) is 5. The van der Waals surface area contributed by atoms with Gasteiger partial charge in [0, 0.05) is 30.1 Å². The second-order valence-electron chi connectivity index (χ2n) is 9.11. The number of rotatable bonds is 6. The lowest BCUT2D eigenvalue weighted by molar-refractivity contribution is -0.127. The van der Waals surface area contributed by atoms with Crippen LogP contribution in [0.1, 0.15) is 59.6 Å². The normalized spacial score (nSPS) is 19.5. The van der Waals surface area contributed by atoms with Crippen molar-refractivity contribution in [2.75, 3.05) is 12.8 Å². The first-order valence-electron chi connectivity index (χ1n) is 11.3. The summed E-state index contributed by atoms with van der Waals surface area (Å²) < 4.78 is 52.6. The maximum atomic E-state index is 14.7. The Morgan fingerprint density at radius 1 is 1.12 bits per heavy atom. The maximum absolute atomic E-state index is 14.7. The lowest BCUT2D eigenvalue weighted by Crippen LogP contribution is -2.52. The van der Waals surface area contributed by atoms with E-state index in [1.807, 2.05) is 0 Å². The van der Waals surface area contributed by atoms with E-state index in [-0.39, 0.29) is 27.6 Å². The van der Waals surface area contributed by atoms with Crippen LogP contribution in [-0.2, 0) is 14.6 Å². The third kappa shape index (κ3) is 5.11. The Morgan fingerprint density at radius 3 is 2.53 bits per heavy atom. The summed E-state index contributed by atoms with van der Waals surface area (Å²) in [4.78, 5) is 31.8. The van der Waals surface area contributed by atoms with E-state index in [1.165, 1.54) is 30.2 Å². The van der Waals surface area contributed by atoms with Crippen molar-refractivity contribution < 1.29 is 26.8 Å². The molecular weight excluding hydrogens is 464 g/mol. The molecule has 0 spiro atoms. The number of benzene rings is 1. The molecule has 0 bridgehead atoms. The van der Waals surface area contributed by atoms with E-state index < -0.39 is 45.4 Å². The van der Waals surface area contributed by atoms with Crippen LogP contribution in [0.3, 0.4) is 0 Å². The third-order valence-electron chi connectivity index (χ3n) is 6.43. The van der Waals surface area contributed by atoms with Crippen LogP contribution in [0.15, 0.2) is 35.5 Å². The van der Waals surface area contributed by atoms with Crippen LogP contribution in [0, 0.1) is 24.5 Å². The van der Waals surface area contributed by atoms with E-state index in [4.69, 9.17) is 0 Å². The Morgan fingerprint density at radius 2 is 1.85 bits per heavy atom. The summed E-state index contributed by atoms with van der Waals surface area (Å²) in [5.74, 6) is -2.00. The van der Waals surface area contributed by atoms with Gasteiger partial charge in [0.25, 0.3) is 5.91 Å². The lowest BCUT2D eigenvalue weighted by Gasteiger charge is -2.36. The summed E-state index contributed by atoms with van der Waals surface area (Å²) in [5, 5.41) is 2.66. The Hall–Kier alpha value is -2.88. The van der Waals surface area contributed by atoms with Crippen LogP contribution in [0.5, 0.6) is 0 Å². The number of pyridine rings is 1. The van der Waals surface area contributed by atoms with Crippen molar-refractivity contribution in [1.29, 1.82) is 0 Å². The minimum absolute atomic E-state index is 0.00538. The Kier molecular flexibility index (Phi) is 6.71. The van der Waals surface area contributed by atoms with E-state index in [0.29, 0.717) is 19.4 Å². The molecule has 1 aliphatic carbocycles. The smallest absolute Gasteiger partial charge is 0.254 e. The molecular formula is C24H27F2N3O4S. The number of hydrogen-bond donors (Lipinski definition) is 1. The molecule has 2 fully saturated rings. The van der Waals surface area contributed by atoms with Gasteiger partial charge in [-0.1, -0.05) is 0 Å². The van der Waals surface area contributed by atoms with Crippen LogP contribution >= 0.6 is 0 Å². The number of nitrogens with one attached hydrogen (secondary N) is 1. The van der Waals surface area contributed by atoms with Gasteiger partial charge in [-0.25, -0.2) is 22.2 Å². The van der Waals surface area contributed by atoms with Crippen LogP contribution in [0.25, 0.3) is 0 Å². The first-order valence-corrected chi connectivity index (χ1v) is 13.2. The van der Waals surface area contributed by atoms with Crippen molar-refractivity contribution in [2.45, 2.75) is 56.1 Å². The topological polar surface area (TPSA) is 96.4 Å². The first-order chi connectivity index (χ1) is 16.1. The molecule has 2 aliphatic rings. The number of likely N-dealkylation sites (tertiary alicyclic amines) is 1. The summed E-state index contributed by atoms with van der Waals surface area (Å²) >= 11 is 0. The number of aryl methyl sites for hydroxylation is 1. The molecule has 182 valence electrons. The van der Waals surface area contributed by atoms with Gasteiger partial charge in [-0.15, -0.1) is 0 Å². The SMILES string of the molecule is Cc1cc(F)c([C@H](NC(=O)[C@H]2CCCCN2C(=O)c2ccnc(S(C)(=O)=O)c2)C2CC2)cc1F.